The molecule has 7 nitrogen and oxygen atoms in total. The Labute approximate surface area is 119 Å². The number of carbonyl (C=O) groups excluding carboxylic acids is 3. The molecule has 2 N–H and O–H groups in total. The second kappa shape index (κ2) is 5.40. The zero-order valence-electron chi connectivity index (χ0n) is 12.7. The van der Waals surface area contributed by atoms with E-state index in [0.717, 1.165) is 4.90 Å². The molecule has 0 saturated carbocycles. The number of carbonyl (C=O) groups is 3. The highest BCUT2D eigenvalue weighted by Gasteiger charge is 2.51. The van der Waals surface area contributed by atoms with Crippen LogP contribution in [0.1, 0.15) is 34.6 Å². The Morgan fingerprint density at radius 1 is 1.30 bits per heavy atom. The minimum atomic E-state index is -0.988. The molecule has 0 aromatic heterocycles. The highest BCUT2D eigenvalue weighted by atomic mass is 16.6. The molecule has 1 aliphatic rings. The van der Waals surface area contributed by atoms with E-state index < -0.39 is 29.0 Å². The van der Waals surface area contributed by atoms with Crippen LogP contribution in [0.4, 0.5) is 4.79 Å². The lowest BCUT2D eigenvalue weighted by Gasteiger charge is -2.26. The Balaban J connectivity index is 2.84. The van der Waals surface area contributed by atoms with Gasteiger partial charge in [0.1, 0.15) is 17.7 Å². The van der Waals surface area contributed by atoms with Crippen LogP contribution in [0.2, 0.25) is 0 Å². The topological polar surface area (TPSA) is 92.9 Å². The van der Waals surface area contributed by atoms with E-state index in [9.17, 15) is 14.4 Å². The number of imide groups is 1. The summed E-state index contributed by atoms with van der Waals surface area (Å²) in [6, 6.07) is -0.503. The monoisotopic (exact) mass is 285 g/mol. The molecule has 114 valence electrons. The van der Waals surface area contributed by atoms with Crippen molar-refractivity contribution in [3.8, 4) is 0 Å². The minimum Gasteiger partial charge on any atom is -0.459 e. The molecule has 1 rings (SSSR count). The average Bonchev–Trinajstić information content (AvgIpc) is 2.41. The molecule has 1 heterocycles. The SMILES string of the molecule is CC(C)(C)OC(=O)CN1C(=O)N(CCN)C(C)(C)C1=O. The van der Waals surface area contributed by atoms with Gasteiger partial charge in [0.2, 0.25) is 0 Å². The summed E-state index contributed by atoms with van der Waals surface area (Å²) in [7, 11) is 0. The zero-order valence-corrected chi connectivity index (χ0v) is 12.7. The van der Waals surface area contributed by atoms with Crippen LogP contribution < -0.4 is 5.73 Å². The Morgan fingerprint density at radius 3 is 2.30 bits per heavy atom. The molecular formula is C13H23N3O4. The quantitative estimate of drug-likeness (QED) is 0.593. The lowest BCUT2D eigenvalue weighted by atomic mass is 10.0. The minimum absolute atomic E-state index is 0.253. The predicted molar refractivity (Wildman–Crippen MR) is 72.8 cm³/mol. The van der Waals surface area contributed by atoms with Crippen molar-refractivity contribution in [2.24, 2.45) is 5.73 Å². The average molecular weight is 285 g/mol. The summed E-state index contributed by atoms with van der Waals surface area (Å²) >= 11 is 0. The fourth-order valence-corrected chi connectivity index (χ4v) is 2.06. The molecule has 0 spiro atoms. The molecular weight excluding hydrogens is 262 g/mol. The number of amides is 3. The Bertz CT molecular complexity index is 426. The first-order valence-corrected chi connectivity index (χ1v) is 6.56. The van der Waals surface area contributed by atoms with Gasteiger partial charge in [0.15, 0.2) is 0 Å². The summed E-state index contributed by atoms with van der Waals surface area (Å²) in [5, 5.41) is 0. The number of nitrogens with two attached hydrogens (primary N) is 1. The van der Waals surface area contributed by atoms with Gasteiger partial charge >= 0.3 is 12.0 Å². The lowest BCUT2D eigenvalue weighted by molar-refractivity contribution is -0.157. The van der Waals surface area contributed by atoms with Crippen molar-refractivity contribution >= 4 is 17.9 Å². The predicted octanol–water partition coefficient (Wildman–Crippen LogP) is 0.330. The van der Waals surface area contributed by atoms with Crippen LogP contribution in [0.25, 0.3) is 0 Å². The molecule has 0 unspecified atom stereocenters. The van der Waals surface area contributed by atoms with Gasteiger partial charge in [-0.1, -0.05) is 0 Å². The Kier molecular flexibility index (Phi) is 4.43. The van der Waals surface area contributed by atoms with Gasteiger partial charge in [-0.25, -0.2) is 4.79 Å². The summed E-state index contributed by atoms with van der Waals surface area (Å²) in [5.74, 6) is -1.02. The van der Waals surface area contributed by atoms with Crippen LogP contribution >= 0.6 is 0 Å². The zero-order chi connectivity index (χ0) is 15.7. The second-order valence-electron chi connectivity index (χ2n) is 6.26. The van der Waals surface area contributed by atoms with Crippen LogP contribution in [0.5, 0.6) is 0 Å². The van der Waals surface area contributed by atoms with Crippen molar-refractivity contribution in [2.75, 3.05) is 19.6 Å². The molecule has 1 saturated heterocycles. The third-order valence-corrected chi connectivity index (χ3v) is 2.97. The van der Waals surface area contributed by atoms with Crippen LogP contribution in [-0.2, 0) is 14.3 Å². The van der Waals surface area contributed by atoms with Crippen LogP contribution in [0.15, 0.2) is 0 Å². The maximum absolute atomic E-state index is 12.2. The smallest absolute Gasteiger partial charge is 0.328 e. The van der Waals surface area contributed by atoms with Gasteiger partial charge < -0.3 is 15.4 Å². The summed E-state index contributed by atoms with van der Waals surface area (Å²) < 4.78 is 5.13. The van der Waals surface area contributed by atoms with Gasteiger partial charge in [-0.2, -0.15) is 0 Å². The maximum Gasteiger partial charge on any atom is 0.328 e. The number of esters is 1. The molecule has 1 fully saturated rings. The van der Waals surface area contributed by atoms with Gasteiger partial charge in [0, 0.05) is 13.1 Å². The van der Waals surface area contributed by atoms with Crippen molar-refractivity contribution in [3.63, 3.8) is 0 Å². The third kappa shape index (κ3) is 3.27. The summed E-state index contributed by atoms with van der Waals surface area (Å²) in [5.41, 5.74) is 3.81. The first kappa shape index (κ1) is 16.4. The molecule has 20 heavy (non-hydrogen) atoms. The Morgan fingerprint density at radius 2 is 1.85 bits per heavy atom. The van der Waals surface area contributed by atoms with Crippen molar-refractivity contribution < 1.29 is 19.1 Å². The van der Waals surface area contributed by atoms with Crippen molar-refractivity contribution in [2.45, 2.75) is 45.8 Å². The molecule has 0 atom stereocenters. The maximum atomic E-state index is 12.2. The third-order valence-electron chi connectivity index (χ3n) is 2.97. The lowest BCUT2D eigenvalue weighted by Crippen LogP contribution is -2.46. The molecule has 7 heteroatoms. The van der Waals surface area contributed by atoms with Crippen LogP contribution in [0.3, 0.4) is 0 Å². The van der Waals surface area contributed by atoms with Crippen LogP contribution in [0, 0.1) is 0 Å². The summed E-state index contributed by atoms with van der Waals surface area (Å²) in [6.45, 7) is 8.59. The normalized spacial score (nSPS) is 18.7. The summed E-state index contributed by atoms with van der Waals surface area (Å²) in [6.07, 6.45) is 0. The van der Waals surface area contributed by atoms with Crippen LogP contribution in [-0.4, -0.2) is 58.5 Å². The van der Waals surface area contributed by atoms with E-state index in [2.05, 4.69) is 0 Å². The Hall–Kier alpha value is -1.63. The van der Waals surface area contributed by atoms with Gasteiger partial charge in [-0.05, 0) is 34.6 Å². The first-order valence-electron chi connectivity index (χ1n) is 6.56. The van der Waals surface area contributed by atoms with Gasteiger partial charge in [-0.3, -0.25) is 14.5 Å². The van der Waals surface area contributed by atoms with E-state index in [1.807, 2.05) is 0 Å². The molecule has 0 bridgehead atoms. The van der Waals surface area contributed by atoms with E-state index >= 15 is 0 Å². The van der Waals surface area contributed by atoms with E-state index in [1.165, 1.54) is 4.90 Å². The molecule has 0 aromatic carbocycles. The van der Waals surface area contributed by atoms with E-state index in [1.54, 1.807) is 34.6 Å². The molecule has 0 aromatic rings. The van der Waals surface area contributed by atoms with E-state index in [0.29, 0.717) is 0 Å². The molecule has 0 radical (unpaired) electrons. The summed E-state index contributed by atoms with van der Waals surface area (Å²) in [4.78, 5) is 38.5. The van der Waals surface area contributed by atoms with Gasteiger partial charge in [0.25, 0.3) is 5.91 Å². The van der Waals surface area contributed by atoms with Crippen molar-refractivity contribution in [3.05, 3.63) is 0 Å². The largest absolute Gasteiger partial charge is 0.459 e. The fraction of sp³-hybridized carbons (Fsp3) is 0.769. The number of hydrogen-bond donors (Lipinski definition) is 1. The number of ether oxygens (including phenoxy) is 1. The standard InChI is InChI=1S/C13H23N3O4/c1-12(2,3)20-9(17)8-15-10(18)13(4,5)16(7-6-14)11(15)19/h6-8,14H2,1-5H3. The number of nitrogens with zero attached hydrogens (tertiary/aromatic N) is 2. The number of hydrogen-bond acceptors (Lipinski definition) is 5. The molecule has 0 aliphatic carbocycles. The van der Waals surface area contributed by atoms with Gasteiger partial charge in [-0.15, -0.1) is 0 Å². The second-order valence-corrected chi connectivity index (χ2v) is 6.26. The highest BCUT2D eigenvalue weighted by Crippen LogP contribution is 2.27. The molecule has 3 amide bonds. The highest BCUT2D eigenvalue weighted by molar-refractivity contribution is 6.08. The molecule has 1 aliphatic heterocycles. The van der Waals surface area contributed by atoms with Gasteiger partial charge in [0.05, 0.1) is 0 Å². The van der Waals surface area contributed by atoms with Crippen molar-refractivity contribution in [1.82, 2.24) is 9.80 Å². The number of rotatable bonds is 4. The van der Waals surface area contributed by atoms with E-state index in [-0.39, 0.29) is 19.6 Å². The van der Waals surface area contributed by atoms with E-state index in [4.69, 9.17) is 10.5 Å². The van der Waals surface area contributed by atoms with Crippen molar-refractivity contribution in [1.29, 1.82) is 0 Å². The fourth-order valence-electron chi connectivity index (χ4n) is 2.06. The first-order chi connectivity index (χ1) is 9.00. The number of urea groups is 1.